The summed E-state index contributed by atoms with van der Waals surface area (Å²) in [4.78, 5) is 12.2. The molecule has 2 aromatic rings. The minimum absolute atomic E-state index is 0.149. The molecule has 18 heavy (non-hydrogen) atoms. The third kappa shape index (κ3) is 1.34. The Bertz CT molecular complexity index is 584. The molecule has 0 aliphatic heterocycles. The highest BCUT2D eigenvalue weighted by molar-refractivity contribution is 5.81. The minimum atomic E-state index is -0.741. The fraction of sp³-hybridized carbons (Fsp3) is 0.545. The highest BCUT2D eigenvalue weighted by Gasteiger charge is 2.44. The van der Waals surface area contributed by atoms with Crippen molar-refractivity contribution in [2.24, 2.45) is 0 Å². The number of aliphatic hydroxyl groups excluding tert-OH is 2. The topological polar surface area (TPSA) is 110 Å². The van der Waals surface area contributed by atoms with Gasteiger partial charge in [-0.2, -0.15) is 0 Å². The Balaban J connectivity index is 2.22. The van der Waals surface area contributed by atoms with Gasteiger partial charge in [0.2, 0.25) is 0 Å². The van der Waals surface area contributed by atoms with Crippen molar-refractivity contribution >= 4 is 17.0 Å². The van der Waals surface area contributed by atoms with Gasteiger partial charge in [0.25, 0.3) is 0 Å². The van der Waals surface area contributed by atoms with Crippen molar-refractivity contribution < 1.29 is 10.2 Å². The van der Waals surface area contributed by atoms with Gasteiger partial charge in [0, 0.05) is 0 Å². The first-order valence-electron chi connectivity index (χ1n) is 5.92. The number of imidazole rings is 1. The van der Waals surface area contributed by atoms with E-state index in [9.17, 15) is 10.2 Å². The summed E-state index contributed by atoms with van der Waals surface area (Å²) in [5.41, 5.74) is 6.05. The maximum atomic E-state index is 10.2. The summed E-state index contributed by atoms with van der Waals surface area (Å²) >= 11 is 0. The zero-order chi connectivity index (χ0) is 12.8. The fourth-order valence-corrected chi connectivity index (χ4v) is 2.76. The van der Waals surface area contributed by atoms with Crippen molar-refractivity contribution in [2.45, 2.75) is 30.9 Å². The molecule has 96 valence electrons. The summed E-state index contributed by atoms with van der Waals surface area (Å²) < 4.78 is 1.73. The van der Waals surface area contributed by atoms with Crippen LogP contribution in [0, 0.1) is 0 Å². The van der Waals surface area contributed by atoms with Crippen molar-refractivity contribution in [2.75, 3.05) is 12.3 Å². The molecular weight excluding hydrogens is 234 g/mol. The van der Waals surface area contributed by atoms with E-state index in [0.717, 1.165) is 6.42 Å². The lowest BCUT2D eigenvalue weighted by atomic mass is 9.96. The van der Waals surface area contributed by atoms with E-state index < -0.39 is 11.6 Å². The third-order valence-corrected chi connectivity index (χ3v) is 3.82. The van der Waals surface area contributed by atoms with E-state index in [-0.39, 0.29) is 6.61 Å². The van der Waals surface area contributed by atoms with Crippen LogP contribution in [0.4, 0.5) is 5.82 Å². The van der Waals surface area contributed by atoms with Crippen LogP contribution in [0.1, 0.15) is 19.3 Å². The van der Waals surface area contributed by atoms with Gasteiger partial charge in [0.15, 0.2) is 11.5 Å². The van der Waals surface area contributed by atoms with Crippen molar-refractivity contribution in [1.29, 1.82) is 0 Å². The molecule has 7 nitrogen and oxygen atoms in total. The molecule has 3 rings (SSSR count). The number of rotatable bonds is 2. The van der Waals surface area contributed by atoms with Gasteiger partial charge >= 0.3 is 0 Å². The normalized spacial score (nSPS) is 28.0. The molecule has 7 heteroatoms. The number of fused-ring (bicyclic) bond motifs is 1. The predicted molar refractivity (Wildman–Crippen MR) is 64.7 cm³/mol. The van der Waals surface area contributed by atoms with Crippen LogP contribution in [-0.4, -0.2) is 42.4 Å². The summed E-state index contributed by atoms with van der Waals surface area (Å²) in [6.45, 7) is -0.149. The largest absolute Gasteiger partial charge is 0.394 e. The van der Waals surface area contributed by atoms with E-state index >= 15 is 0 Å². The minimum Gasteiger partial charge on any atom is -0.394 e. The lowest BCUT2D eigenvalue weighted by Crippen LogP contribution is -2.44. The van der Waals surface area contributed by atoms with Crippen LogP contribution in [-0.2, 0) is 5.54 Å². The summed E-state index contributed by atoms with van der Waals surface area (Å²) in [5.74, 6) is 0.305. The Morgan fingerprint density at radius 2 is 2.28 bits per heavy atom. The Labute approximate surface area is 103 Å². The molecule has 0 aromatic carbocycles. The molecule has 2 aromatic heterocycles. The van der Waals surface area contributed by atoms with E-state index in [1.54, 1.807) is 10.9 Å². The number of hydrogen-bond donors (Lipinski definition) is 3. The Morgan fingerprint density at radius 1 is 1.44 bits per heavy atom. The van der Waals surface area contributed by atoms with E-state index in [4.69, 9.17) is 5.73 Å². The Morgan fingerprint density at radius 3 is 2.94 bits per heavy atom. The maximum Gasteiger partial charge on any atom is 0.166 e. The summed E-state index contributed by atoms with van der Waals surface area (Å²) in [6, 6.07) is 0. The van der Waals surface area contributed by atoms with Crippen LogP contribution < -0.4 is 5.73 Å². The summed E-state index contributed by atoms with van der Waals surface area (Å²) in [7, 11) is 0. The SMILES string of the molecule is Nc1ncnc2c1ncn2[C@]1(CO)CCC[C@H]1O. The molecule has 1 aliphatic carbocycles. The van der Waals surface area contributed by atoms with Gasteiger partial charge in [-0.3, -0.25) is 0 Å². The average Bonchev–Trinajstić information content (AvgIpc) is 2.94. The molecule has 2 heterocycles. The second-order valence-electron chi connectivity index (χ2n) is 4.72. The van der Waals surface area contributed by atoms with Gasteiger partial charge in [-0.05, 0) is 19.3 Å². The van der Waals surface area contributed by atoms with Gasteiger partial charge in [0.05, 0.1) is 24.6 Å². The first-order chi connectivity index (χ1) is 8.69. The molecule has 0 saturated heterocycles. The van der Waals surface area contributed by atoms with Crippen molar-refractivity contribution in [3.63, 3.8) is 0 Å². The molecule has 2 atom stereocenters. The van der Waals surface area contributed by atoms with Crippen molar-refractivity contribution in [3.8, 4) is 0 Å². The monoisotopic (exact) mass is 249 g/mol. The molecule has 0 unspecified atom stereocenters. The maximum absolute atomic E-state index is 10.2. The molecule has 0 bridgehead atoms. The average molecular weight is 249 g/mol. The molecule has 4 N–H and O–H groups in total. The Hall–Kier alpha value is -1.73. The van der Waals surface area contributed by atoms with Gasteiger partial charge in [-0.25, -0.2) is 15.0 Å². The number of anilines is 1. The quantitative estimate of drug-likeness (QED) is 0.670. The lowest BCUT2D eigenvalue weighted by Gasteiger charge is -2.32. The molecule has 1 fully saturated rings. The number of aromatic nitrogens is 4. The van der Waals surface area contributed by atoms with E-state index in [1.807, 2.05) is 0 Å². The first-order valence-corrected chi connectivity index (χ1v) is 5.92. The zero-order valence-electron chi connectivity index (χ0n) is 9.82. The smallest absolute Gasteiger partial charge is 0.166 e. The lowest BCUT2D eigenvalue weighted by molar-refractivity contribution is 0.0178. The highest BCUT2D eigenvalue weighted by atomic mass is 16.3. The van der Waals surface area contributed by atoms with Crippen LogP contribution in [0.3, 0.4) is 0 Å². The zero-order valence-corrected chi connectivity index (χ0v) is 9.82. The first kappa shape index (κ1) is 11.4. The van der Waals surface area contributed by atoms with Crippen LogP contribution >= 0.6 is 0 Å². The number of nitrogens with two attached hydrogens (primary N) is 1. The van der Waals surface area contributed by atoms with E-state index in [1.165, 1.54) is 6.33 Å². The van der Waals surface area contributed by atoms with E-state index in [0.29, 0.717) is 29.8 Å². The second-order valence-corrected chi connectivity index (χ2v) is 4.72. The molecule has 0 amide bonds. The summed E-state index contributed by atoms with van der Waals surface area (Å²) in [6.07, 6.45) is 4.56. The number of hydrogen-bond acceptors (Lipinski definition) is 6. The van der Waals surface area contributed by atoms with Gasteiger partial charge in [0.1, 0.15) is 11.8 Å². The van der Waals surface area contributed by atoms with Crippen LogP contribution in [0.5, 0.6) is 0 Å². The highest BCUT2D eigenvalue weighted by Crippen LogP contribution is 2.38. The second kappa shape index (κ2) is 3.89. The van der Waals surface area contributed by atoms with Gasteiger partial charge in [-0.15, -0.1) is 0 Å². The number of nitrogen functional groups attached to an aromatic ring is 1. The van der Waals surface area contributed by atoms with Gasteiger partial charge < -0.3 is 20.5 Å². The van der Waals surface area contributed by atoms with Crippen LogP contribution in [0.2, 0.25) is 0 Å². The predicted octanol–water partition coefficient (Wildman–Crippen LogP) is -0.359. The molecule has 1 aliphatic rings. The third-order valence-electron chi connectivity index (χ3n) is 3.82. The fourth-order valence-electron chi connectivity index (χ4n) is 2.76. The molecule has 1 saturated carbocycles. The number of aliphatic hydroxyl groups is 2. The Kier molecular flexibility index (Phi) is 2.46. The van der Waals surface area contributed by atoms with Crippen LogP contribution in [0.15, 0.2) is 12.7 Å². The van der Waals surface area contributed by atoms with Crippen molar-refractivity contribution in [1.82, 2.24) is 19.5 Å². The van der Waals surface area contributed by atoms with Crippen molar-refractivity contribution in [3.05, 3.63) is 12.7 Å². The van der Waals surface area contributed by atoms with Crippen LogP contribution in [0.25, 0.3) is 11.2 Å². The number of nitrogens with zero attached hydrogens (tertiary/aromatic N) is 4. The molecular formula is C11H15N5O2. The molecule has 0 radical (unpaired) electrons. The standard InChI is InChI=1S/C11H15N5O2/c12-9-8-10(14-5-13-9)16(6-15-8)11(4-17)3-1-2-7(11)18/h5-7,17-18H,1-4H2,(H2,12,13,14)/t7-,11+/m1/s1. The molecule has 0 spiro atoms. The van der Waals surface area contributed by atoms with E-state index in [2.05, 4.69) is 15.0 Å². The van der Waals surface area contributed by atoms with Gasteiger partial charge in [-0.1, -0.05) is 0 Å². The summed E-state index contributed by atoms with van der Waals surface area (Å²) in [5, 5.41) is 19.9.